The molecule has 0 heterocycles. The first kappa shape index (κ1) is 13.3. The van der Waals surface area contributed by atoms with Gasteiger partial charge in [0.05, 0.1) is 5.56 Å². The van der Waals surface area contributed by atoms with E-state index >= 15 is 0 Å². The average molecular weight is 260 g/mol. The molecule has 1 aromatic carbocycles. The van der Waals surface area contributed by atoms with Gasteiger partial charge in [-0.1, -0.05) is 0 Å². The lowest BCUT2D eigenvalue weighted by Gasteiger charge is -2.09. The van der Waals surface area contributed by atoms with Crippen molar-refractivity contribution >= 4 is 0 Å². The quantitative estimate of drug-likeness (QED) is 0.570. The lowest BCUT2D eigenvalue weighted by molar-refractivity contribution is -0.140. The second kappa shape index (κ2) is 4.64. The van der Waals surface area contributed by atoms with E-state index in [1.54, 1.807) is 0 Å². The van der Waals surface area contributed by atoms with Gasteiger partial charge in [0.25, 0.3) is 0 Å². The van der Waals surface area contributed by atoms with Gasteiger partial charge in [-0.25, -0.2) is 4.39 Å². The summed E-state index contributed by atoms with van der Waals surface area (Å²) in [6, 6.07) is -1.34. The Balaban J connectivity index is 3.10. The first-order valence-corrected chi connectivity index (χ1v) is 3.97. The fraction of sp³-hybridized carbons (Fsp3) is 0.111. The summed E-state index contributed by atoms with van der Waals surface area (Å²) in [6.07, 6.45) is -7.86. The largest absolute Gasteiger partial charge is 0.428 e. The Bertz CT molecular complexity index is 445. The van der Waals surface area contributed by atoms with Crippen LogP contribution in [0.5, 0.6) is 5.75 Å². The van der Waals surface area contributed by atoms with Gasteiger partial charge >= 0.3 is 18.3 Å². The van der Waals surface area contributed by atoms with E-state index in [9.17, 15) is 30.7 Å². The molecule has 1 rings (SSSR count). The molecule has 0 N–H and O–H groups in total. The van der Waals surface area contributed by atoms with E-state index in [1.807, 2.05) is 0 Å². The lowest BCUT2D eigenvalue weighted by atomic mass is 10.2. The zero-order chi connectivity index (χ0) is 13.2. The van der Waals surface area contributed by atoms with Crippen LogP contribution in [0.3, 0.4) is 0 Å². The van der Waals surface area contributed by atoms with E-state index in [1.165, 1.54) is 0 Å². The summed E-state index contributed by atoms with van der Waals surface area (Å²) in [5.41, 5.74) is -1.73. The first-order valence-electron chi connectivity index (χ1n) is 3.97. The normalized spacial score (nSPS) is 11.2. The summed E-state index contributed by atoms with van der Waals surface area (Å²) in [4.78, 5) is 0. The van der Waals surface area contributed by atoms with Gasteiger partial charge in [0.2, 0.25) is 0 Å². The second-order valence-corrected chi connectivity index (χ2v) is 2.78. The van der Waals surface area contributed by atoms with Crippen molar-refractivity contribution in [2.45, 2.75) is 6.18 Å². The standard InChI is InChI=1S/C9H3F7O/c10-6-2-1-4(17-8(13)7(11)12)3-5(6)9(14,15)16/h1-3H. The number of benzene rings is 1. The molecule has 0 radical (unpaired) electrons. The fourth-order valence-corrected chi connectivity index (χ4v) is 0.927. The highest BCUT2D eigenvalue weighted by Crippen LogP contribution is 2.34. The SMILES string of the molecule is FC(F)=C(F)Oc1ccc(F)c(C(F)(F)F)c1. The Morgan fingerprint density at radius 1 is 1.06 bits per heavy atom. The topological polar surface area (TPSA) is 9.23 Å². The summed E-state index contributed by atoms with van der Waals surface area (Å²) in [7, 11) is 0. The van der Waals surface area contributed by atoms with E-state index in [-0.39, 0.29) is 6.07 Å². The predicted molar refractivity (Wildman–Crippen MR) is 42.4 cm³/mol. The van der Waals surface area contributed by atoms with Crippen molar-refractivity contribution < 1.29 is 35.5 Å². The summed E-state index contributed by atoms with van der Waals surface area (Å²) in [5, 5.41) is 0. The van der Waals surface area contributed by atoms with Crippen LogP contribution in [-0.4, -0.2) is 0 Å². The van der Waals surface area contributed by atoms with Crippen LogP contribution in [0.1, 0.15) is 5.56 Å². The van der Waals surface area contributed by atoms with Crippen molar-refractivity contribution in [1.82, 2.24) is 0 Å². The minimum absolute atomic E-state index is 0.0812. The van der Waals surface area contributed by atoms with E-state index in [0.29, 0.717) is 12.1 Å². The van der Waals surface area contributed by atoms with E-state index < -0.39 is 35.4 Å². The minimum atomic E-state index is -5.03. The number of rotatable bonds is 2. The van der Waals surface area contributed by atoms with Crippen molar-refractivity contribution in [3.05, 3.63) is 41.7 Å². The molecule has 17 heavy (non-hydrogen) atoms. The van der Waals surface area contributed by atoms with Gasteiger partial charge in [-0.05, 0) is 18.2 Å². The van der Waals surface area contributed by atoms with Crippen LogP contribution in [-0.2, 0) is 6.18 Å². The van der Waals surface area contributed by atoms with Gasteiger partial charge in [0.1, 0.15) is 11.6 Å². The summed E-state index contributed by atoms with van der Waals surface area (Å²) in [6.45, 7) is 0. The summed E-state index contributed by atoms with van der Waals surface area (Å²) >= 11 is 0. The van der Waals surface area contributed by atoms with Gasteiger partial charge in [-0.2, -0.15) is 26.3 Å². The zero-order valence-electron chi connectivity index (χ0n) is 7.79. The Morgan fingerprint density at radius 3 is 2.12 bits per heavy atom. The molecule has 1 nitrogen and oxygen atoms in total. The molecule has 94 valence electrons. The molecular formula is C9H3F7O. The maximum atomic E-state index is 12.7. The molecule has 1 aromatic rings. The Hall–Kier alpha value is -1.73. The molecule has 0 fully saturated rings. The maximum absolute atomic E-state index is 12.7. The van der Waals surface area contributed by atoms with Gasteiger partial charge in [0, 0.05) is 0 Å². The smallest absolute Gasteiger partial charge is 0.419 e. The first-order chi connectivity index (χ1) is 7.71. The average Bonchev–Trinajstić information content (AvgIpc) is 2.19. The molecular weight excluding hydrogens is 257 g/mol. The van der Waals surface area contributed by atoms with Crippen LogP contribution >= 0.6 is 0 Å². The van der Waals surface area contributed by atoms with Crippen molar-refractivity contribution in [3.63, 3.8) is 0 Å². The summed E-state index contributed by atoms with van der Waals surface area (Å²) < 4.78 is 88.5. The highest BCUT2D eigenvalue weighted by Gasteiger charge is 2.34. The maximum Gasteiger partial charge on any atom is 0.419 e. The number of halogens is 7. The molecule has 0 unspecified atom stereocenters. The van der Waals surface area contributed by atoms with Crippen molar-refractivity contribution in [3.8, 4) is 5.75 Å². The van der Waals surface area contributed by atoms with Crippen LogP contribution in [0.25, 0.3) is 0 Å². The van der Waals surface area contributed by atoms with Crippen molar-refractivity contribution in [1.29, 1.82) is 0 Å². The Labute approximate surface area is 90.1 Å². The van der Waals surface area contributed by atoms with Crippen molar-refractivity contribution in [2.75, 3.05) is 0 Å². The molecule has 0 aliphatic rings. The van der Waals surface area contributed by atoms with Crippen LogP contribution < -0.4 is 4.74 Å². The molecule has 0 atom stereocenters. The number of hydrogen-bond acceptors (Lipinski definition) is 1. The van der Waals surface area contributed by atoms with Gasteiger partial charge in [0.15, 0.2) is 0 Å². The number of hydrogen-bond donors (Lipinski definition) is 0. The molecule has 0 aromatic heterocycles. The number of ether oxygens (including phenoxy) is 1. The van der Waals surface area contributed by atoms with Gasteiger partial charge < -0.3 is 4.74 Å². The molecule has 0 spiro atoms. The monoisotopic (exact) mass is 260 g/mol. The third-order valence-corrected chi connectivity index (χ3v) is 1.60. The number of alkyl halides is 3. The zero-order valence-corrected chi connectivity index (χ0v) is 7.79. The van der Waals surface area contributed by atoms with Crippen LogP contribution in [0, 0.1) is 5.82 Å². The molecule has 0 saturated heterocycles. The van der Waals surface area contributed by atoms with Gasteiger partial charge in [-0.15, -0.1) is 0 Å². The summed E-state index contributed by atoms with van der Waals surface area (Å²) in [5.74, 6) is -2.50. The minimum Gasteiger partial charge on any atom is -0.428 e. The molecule has 0 saturated carbocycles. The van der Waals surface area contributed by atoms with E-state index in [0.717, 1.165) is 0 Å². The van der Waals surface area contributed by atoms with Crippen LogP contribution in [0.2, 0.25) is 0 Å². The highest BCUT2D eigenvalue weighted by atomic mass is 19.4. The fourth-order valence-electron chi connectivity index (χ4n) is 0.927. The predicted octanol–water partition coefficient (Wildman–Crippen LogP) is 4.26. The highest BCUT2D eigenvalue weighted by molar-refractivity contribution is 5.32. The molecule has 0 aliphatic heterocycles. The van der Waals surface area contributed by atoms with E-state index in [2.05, 4.69) is 4.74 Å². The Kier molecular flexibility index (Phi) is 3.64. The van der Waals surface area contributed by atoms with Gasteiger partial charge in [-0.3, -0.25) is 0 Å². The van der Waals surface area contributed by atoms with E-state index in [4.69, 9.17) is 0 Å². The second-order valence-electron chi connectivity index (χ2n) is 2.78. The molecule has 8 heteroatoms. The molecule has 0 aliphatic carbocycles. The van der Waals surface area contributed by atoms with Crippen LogP contribution in [0.15, 0.2) is 30.3 Å². The van der Waals surface area contributed by atoms with Crippen LogP contribution in [0.4, 0.5) is 30.7 Å². The third kappa shape index (κ3) is 3.36. The Morgan fingerprint density at radius 2 is 1.65 bits per heavy atom. The molecule has 0 bridgehead atoms. The lowest BCUT2D eigenvalue weighted by Crippen LogP contribution is -2.08. The third-order valence-electron chi connectivity index (χ3n) is 1.60. The molecule has 0 amide bonds. The van der Waals surface area contributed by atoms with Crippen molar-refractivity contribution in [2.24, 2.45) is 0 Å².